The predicted octanol–water partition coefficient (Wildman–Crippen LogP) is 3.82. The van der Waals surface area contributed by atoms with Crippen molar-refractivity contribution in [2.75, 3.05) is 13.2 Å². The summed E-state index contributed by atoms with van der Waals surface area (Å²) in [6, 6.07) is 5.72. The molecule has 0 spiro atoms. The Labute approximate surface area is 184 Å². The van der Waals surface area contributed by atoms with Gasteiger partial charge in [-0.25, -0.2) is 27.5 Å². The molecule has 0 unspecified atom stereocenters. The summed E-state index contributed by atoms with van der Waals surface area (Å²) >= 11 is 0. The smallest absolute Gasteiger partial charge is 0.340 e. The fourth-order valence-corrected chi connectivity index (χ4v) is 3.10. The number of alkyl halides is 5. The zero-order valence-electron chi connectivity index (χ0n) is 17.2. The van der Waals surface area contributed by atoms with Gasteiger partial charge in [0.25, 0.3) is 6.02 Å². The number of amidine groups is 1. The van der Waals surface area contributed by atoms with Gasteiger partial charge in [-0.3, -0.25) is 4.79 Å². The molecule has 1 aliphatic heterocycles. The summed E-state index contributed by atoms with van der Waals surface area (Å²) < 4.78 is 88.6. The molecule has 0 fully saturated rings. The van der Waals surface area contributed by atoms with E-state index in [-0.39, 0.29) is 29.4 Å². The van der Waals surface area contributed by atoms with E-state index in [1.807, 2.05) is 0 Å². The molecule has 0 aliphatic carbocycles. The SMILES string of the molecule is C[C@]1(c2cc(CC(=O)c3ccc(OCC(F)(F)C(F)F)cn3)ccc2F)N=C(N)OC[C@@H]1F. The minimum Gasteiger partial charge on any atom is -0.485 e. The average molecular weight is 475 g/mol. The second kappa shape index (κ2) is 9.28. The Morgan fingerprint density at radius 1 is 1.33 bits per heavy atom. The molecule has 2 atom stereocenters. The molecule has 0 saturated heterocycles. The second-order valence-electron chi connectivity index (χ2n) is 7.52. The fourth-order valence-electron chi connectivity index (χ4n) is 3.10. The Morgan fingerprint density at radius 2 is 2.06 bits per heavy atom. The lowest BCUT2D eigenvalue weighted by Gasteiger charge is -2.33. The van der Waals surface area contributed by atoms with Gasteiger partial charge >= 0.3 is 12.3 Å². The second-order valence-corrected chi connectivity index (χ2v) is 7.52. The number of carbonyl (C=O) groups excluding carboxylic acids is 1. The first-order valence-electron chi connectivity index (χ1n) is 9.61. The van der Waals surface area contributed by atoms with E-state index < -0.39 is 48.9 Å². The van der Waals surface area contributed by atoms with Crippen LogP contribution in [0.4, 0.5) is 26.3 Å². The van der Waals surface area contributed by atoms with Crippen molar-refractivity contribution in [3.05, 3.63) is 59.2 Å². The highest BCUT2D eigenvalue weighted by molar-refractivity contribution is 5.95. The Bertz CT molecular complexity index is 1050. The Balaban J connectivity index is 1.73. The van der Waals surface area contributed by atoms with Crippen molar-refractivity contribution in [1.82, 2.24) is 4.98 Å². The topological polar surface area (TPSA) is 86.8 Å². The highest BCUT2D eigenvalue weighted by Gasteiger charge is 2.43. The number of aromatic nitrogens is 1. The summed E-state index contributed by atoms with van der Waals surface area (Å²) in [7, 11) is 0. The average Bonchev–Trinajstić information content (AvgIpc) is 2.76. The van der Waals surface area contributed by atoms with Crippen LogP contribution in [0.1, 0.15) is 28.5 Å². The van der Waals surface area contributed by atoms with Crippen molar-refractivity contribution in [3.8, 4) is 5.75 Å². The largest absolute Gasteiger partial charge is 0.485 e. The molecule has 0 bridgehead atoms. The van der Waals surface area contributed by atoms with Gasteiger partial charge in [0.1, 0.15) is 29.4 Å². The molecule has 2 N–H and O–H groups in total. The van der Waals surface area contributed by atoms with Crippen molar-refractivity contribution in [2.24, 2.45) is 10.7 Å². The number of hydrogen-bond acceptors (Lipinski definition) is 6. The normalized spacial score (nSPS) is 20.8. The Morgan fingerprint density at radius 3 is 2.70 bits per heavy atom. The number of carbonyl (C=O) groups is 1. The number of halogens is 6. The van der Waals surface area contributed by atoms with Crippen LogP contribution in [0.25, 0.3) is 0 Å². The summed E-state index contributed by atoms with van der Waals surface area (Å²) in [6.07, 6.45) is -4.87. The number of ether oxygens (including phenoxy) is 2. The highest BCUT2D eigenvalue weighted by Crippen LogP contribution is 2.36. The minimum atomic E-state index is -4.33. The number of Topliss-reactive ketones (excluding diaryl/α,β-unsaturated/α-hetero) is 1. The zero-order valence-corrected chi connectivity index (χ0v) is 17.2. The molecule has 178 valence electrons. The lowest BCUT2D eigenvalue weighted by molar-refractivity contribution is -0.148. The van der Waals surface area contributed by atoms with E-state index in [4.69, 9.17) is 10.5 Å². The van der Waals surface area contributed by atoms with Crippen molar-refractivity contribution in [2.45, 2.75) is 37.4 Å². The van der Waals surface area contributed by atoms with Crippen LogP contribution in [-0.4, -0.2) is 48.5 Å². The Hall–Kier alpha value is -3.31. The number of aliphatic imine (C=N–C) groups is 1. The molecular weight excluding hydrogens is 456 g/mol. The molecule has 33 heavy (non-hydrogen) atoms. The van der Waals surface area contributed by atoms with Gasteiger partial charge in [0.15, 0.2) is 18.6 Å². The monoisotopic (exact) mass is 475 g/mol. The van der Waals surface area contributed by atoms with E-state index in [1.54, 1.807) is 0 Å². The molecule has 0 amide bonds. The first kappa shape index (κ1) is 24.3. The van der Waals surface area contributed by atoms with Crippen LogP contribution in [0.5, 0.6) is 5.75 Å². The number of benzene rings is 1. The summed E-state index contributed by atoms with van der Waals surface area (Å²) in [5.41, 5.74) is 4.02. The third-order valence-electron chi connectivity index (χ3n) is 5.04. The van der Waals surface area contributed by atoms with Gasteiger partial charge in [-0.2, -0.15) is 8.78 Å². The molecule has 1 aromatic carbocycles. The van der Waals surface area contributed by atoms with Crippen molar-refractivity contribution in [3.63, 3.8) is 0 Å². The van der Waals surface area contributed by atoms with E-state index in [0.29, 0.717) is 5.56 Å². The van der Waals surface area contributed by atoms with E-state index >= 15 is 0 Å². The van der Waals surface area contributed by atoms with E-state index in [9.17, 15) is 31.1 Å². The number of ketones is 1. The van der Waals surface area contributed by atoms with E-state index in [2.05, 4.69) is 14.7 Å². The quantitative estimate of drug-likeness (QED) is 0.464. The highest BCUT2D eigenvalue weighted by atomic mass is 19.3. The number of hydrogen-bond donors (Lipinski definition) is 1. The lowest BCUT2D eigenvalue weighted by Crippen LogP contribution is -2.43. The first-order valence-corrected chi connectivity index (χ1v) is 9.61. The maximum atomic E-state index is 14.5. The van der Waals surface area contributed by atoms with Crippen molar-refractivity contribution in [1.29, 1.82) is 0 Å². The van der Waals surface area contributed by atoms with Gasteiger partial charge < -0.3 is 15.2 Å². The number of pyridine rings is 1. The third kappa shape index (κ3) is 5.37. The van der Waals surface area contributed by atoms with Crippen LogP contribution >= 0.6 is 0 Å². The van der Waals surface area contributed by atoms with Gasteiger partial charge in [0.2, 0.25) is 0 Å². The van der Waals surface area contributed by atoms with Crippen molar-refractivity contribution >= 4 is 11.8 Å². The van der Waals surface area contributed by atoms with Crippen molar-refractivity contribution < 1.29 is 40.6 Å². The zero-order chi connectivity index (χ0) is 24.4. The predicted molar refractivity (Wildman–Crippen MR) is 105 cm³/mol. The van der Waals surface area contributed by atoms with E-state index in [0.717, 1.165) is 18.3 Å². The molecule has 1 aromatic heterocycles. The molecule has 0 saturated carbocycles. The third-order valence-corrected chi connectivity index (χ3v) is 5.04. The summed E-state index contributed by atoms with van der Waals surface area (Å²) in [5.74, 6) is -5.82. The van der Waals surface area contributed by atoms with Gasteiger partial charge in [-0.15, -0.1) is 0 Å². The molecule has 0 radical (unpaired) electrons. The summed E-state index contributed by atoms with van der Waals surface area (Å²) in [6.45, 7) is -0.602. The first-order chi connectivity index (χ1) is 15.4. The molecule has 2 heterocycles. The summed E-state index contributed by atoms with van der Waals surface area (Å²) in [5, 5.41) is 0. The molecular formula is C21H19F6N3O3. The standard InChI is InChI=1S/C21H19F6N3O3/c1-20(17(23)9-32-19(28)30-20)13-6-11(2-4-14(13)22)7-16(31)15-5-3-12(8-29-15)33-10-21(26,27)18(24)25/h2-6,8,17-18H,7,9-10H2,1H3,(H2,28,30)/t17-,20+/m0/s1. The maximum absolute atomic E-state index is 14.5. The van der Waals surface area contributed by atoms with Crippen LogP contribution in [0.15, 0.2) is 41.5 Å². The van der Waals surface area contributed by atoms with Gasteiger partial charge in [0, 0.05) is 12.0 Å². The summed E-state index contributed by atoms with van der Waals surface area (Å²) in [4.78, 5) is 20.2. The van der Waals surface area contributed by atoms with Crippen LogP contribution in [0.3, 0.4) is 0 Å². The molecule has 3 rings (SSSR count). The van der Waals surface area contributed by atoms with E-state index in [1.165, 1.54) is 25.1 Å². The Kier molecular flexibility index (Phi) is 6.84. The van der Waals surface area contributed by atoms with Crippen LogP contribution in [-0.2, 0) is 16.7 Å². The van der Waals surface area contributed by atoms with Gasteiger partial charge in [0.05, 0.1) is 6.20 Å². The van der Waals surface area contributed by atoms with Crippen LogP contribution in [0.2, 0.25) is 0 Å². The molecule has 2 aromatic rings. The lowest BCUT2D eigenvalue weighted by atomic mass is 9.85. The van der Waals surface area contributed by atoms with Gasteiger partial charge in [-0.05, 0) is 36.8 Å². The van der Waals surface area contributed by atoms with Gasteiger partial charge in [-0.1, -0.05) is 6.07 Å². The maximum Gasteiger partial charge on any atom is 0.340 e. The molecule has 12 heteroatoms. The molecule has 1 aliphatic rings. The number of nitrogens with two attached hydrogens (primary N) is 1. The number of nitrogens with zero attached hydrogens (tertiary/aromatic N) is 2. The minimum absolute atomic E-state index is 0.0724. The molecule has 6 nitrogen and oxygen atoms in total. The number of rotatable bonds is 8. The van der Waals surface area contributed by atoms with Crippen LogP contribution < -0.4 is 10.5 Å². The fraction of sp³-hybridized carbons (Fsp3) is 0.381. The van der Waals surface area contributed by atoms with Crippen LogP contribution in [0, 0.1) is 5.82 Å².